The van der Waals surface area contributed by atoms with Crippen molar-refractivity contribution >= 4 is 39.8 Å². The Labute approximate surface area is 177 Å². The number of rotatable bonds is 5. The Hall–Kier alpha value is -3.44. The summed E-state index contributed by atoms with van der Waals surface area (Å²) in [6.45, 7) is 1.63. The van der Waals surface area contributed by atoms with Gasteiger partial charge in [0, 0.05) is 10.4 Å². The minimum atomic E-state index is -1.05. The van der Waals surface area contributed by atoms with Crippen molar-refractivity contribution in [2.75, 3.05) is 11.9 Å². The van der Waals surface area contributed by atoms with E-state index >= 15 is 0 Å². The monoisotopic (exact) mass is 424 g/mol. The Morgan fingerprint density at radius 3 is 2.57 bits per heavy atom. The summed E-state index contributed by atoms with van der Waals surface area (Å²) in [7, 11) is 0. The summed E-state index contributed by atoms with van der Waals surface area (Å²) < 4.78 is 4.71. The Morgan fingerprint density at radius 2 is 1.90 bits per heavy atom. The molecule has 0 spiro atoms. The van der Waals surface area contributed by atoms with Gasteiger partial charge in [0.05, 0.1) is 12.2 Å². The highest BCUT2D eigenvalue weighted by molar-refractivity contribution is 7.17. The summed E-state index contributed by atoms with van der Waals surface area (Å²) in [4.78, 5) is 38.2. The molecule has 8 heteroatoms. The van der Waals surface area contributed by atoms with Crippen LogP contribution in [0.4, 0.5) is 5.00 Å². The molecular formula is C22H20N2O5S. The lowest BCUT2D eigenvalue weighted by atomic mass is 9.91. The van der Waals surface area contributed by atoms with E-state index in [1.165, 1.54) is 11.3 Å². The van der Waals surface area contributed by atoms with E-state index < -0.39 is 29.0 Å². The number of esters is 1. The lowest BCUT2D eigenvalue weighted by molar-refractivity contribution is -0.152. The molecule has 0 radical (unpaired) electrons. The van der Waals surface area contributed by atoms with Gasteiger partial charge in [-0.3, -0.25) is 9.59 Å². The number of anilines is 1. The molecule has 3 rings (SSSR count). The number of hydrogen-bond acceptors (Lipinski definition) is 7. The maximum absolute atomic E-state index is 13.3. The summed E-state index contributed by atoms with van der Waals surface area (Å²) in [5, 5.41) is 22.8. The number of allylic oxidation sites excluding steroid dienone is 1. The second kappa shape index (κ2) is 9.37. The van der Waals surface area contributed by atoms with Crippen molar-refractivity contribution in [3.8, 4) is 6.07 Å². The third-order valence-electron chi connectivity index (χ3n) is 4.71. The molecule has 2 aromatic rings. The minimum absolute atomic E-state index is 0.0469. The topological polar surface area (TPSA) is 116 Å². The average molecular weight is 424 g/mol. The highest BCUT2D eigenvalue weighted by atomic mass is 32.1. The number of carbonyl (C=O) groups excluding carboxylic acids is 3. The quantitative estimate of drug-likeness (QED) is 0.188. The number of thiophene rings is 1. The lowest BCUT2D eigenvalue weighted by Crippen LogP contribution is -2.25. The number of benzene rings is 1. The largest absolute Gasteiger partial charge is 0.506 e. The first-order chi connectivity index (χ1) is 14.5. The zero-order chi connectivity index (χ0) is 21.7. The van der Waals surface area contributed by atoms with Gasteiger partial charge < -0.3 is 15.2 Å². The van der Waals surface area contributed by atoms with E-state index in [0.29, 0.717) is 12.0 Å². The third kappa shape index (κ3) is 4.26. The molecule has 1 amide bonds. The number of nitrogens with zero attached hydrogens (tertiary/aromatic N) is 1. The molecule has 1 heterocycles. The molecule has 1 aromatic heterocycles. The SMILES string of the molecule is CCOC(=O)C(=O)Nc1sc2c(c1C(=O)/C(C#N)=C(/O)c1ccccc1)CCCC2. The summed E-state index contributed by atoms with van der Waals surface area (Å²) in [6.07, 6.45) is 3.17. The number of ketones is 1. The van der Waals surface area contributed by atoms with E-state index in [2.05, 4.69) is 5.32 Å². The number of nitriles is 1. The molecule has 0 unspecified atom stereocenters. The second-order valence-corrected chi connectivity index (χ2v) is 7.73. The van der Waals surface area contributed by atoms with Crippen LogP contribution in [-0.2, 0) is 27.2 Å². The van der Waals surface area contributed by atoms with E-state index in [-0.39, 0.29) is 17.2 Å². The Bertz CT molecular complexity index is 1060. The normalized spacial score (nSPS) is 13.5. The van der Waals surface area contributed by atoms with Gasteiger partial charge in [0.25, 0.3) is 0 Å². The van der Waals surface area contributed by atoms with Crippen LogP contribution in [0.5, 0.6) is 0 Å². The van der Waals surface area contributed by atoms with Gasteiger partial charge in [0.2, 0.25) is 5.78 Å². The van der Waals surface area contributed by atoms with Crippen LogP contribution >= 0.6 is 11.3 Å². The number of fused-ring (bicyclic) bond motifs is 1. The molecule has 2 N–H and O–H groups in total. The fourth-order valence-corrected chi connectivity index (χ4v) is 4.60. The summed E-state index contributed by atoms with van der Waals surface area (Å²) >= 11 is 1.22. The maximum atomic E-state index is 13.3. The van der Waals surface area contributed by atoms with E-state index in [0.717, 1.165) is 29.7 Å². The van der Waals surface area contributed by atoms with Crippen molar-refractivity contribution < 1.29 is 24.2 Å². The predicted octanol–water partition coefficient (Wildman–Crippen LogP) is 3.80. The Morgan fingerprint density at radius 1 is 1.20 bits per heavy atom. The first kappa shape index (κ1) is 21.3. The number of aliphatic hydroxyl groups is 1. The second-order valence-electron chi connectivity index (χ2n) is 6.62. The predicted molar refractivity (Wildman–Crippen MR) is 112 cm³/mol. The van der Waals surface area contributed by atoms with Gasteiger partial charge in [-0.15, -0.1) is 11.3 Å². The number of amides is 1. The van der Waals surface area contributed by atoms with Gasteiger partial charge in [-0.05, 0) is 38.2 Å². The first-order valence-corrected chi connectivity index (χ1v) is 10.4. The number of Topliss-reactive ketones (excluding diaryl/α,β-unsaturated/α-hetero) is 1. The van der Waals surface area contributed by atoms with Crippen LogP contribution in [0.25, 0.3) is 5.76 Å². The van der Waals surface area contributed by atoms with Crippen molar-refractivity contribution in [3.63, 3.8) is 0 Å². The molecule has 7 nitrogen and oxygen atoms in total. The zero-order valence-corrected chi connectivity index (χ0v) is 17.2. The number of nitrogens with one attached hydrogen (secondary N) is 1. The highest BCUT2D eigenvalue weighted by Crippen LogP contribution is 2.40. The maximum Gasteiger partial charge on any atom is 0.397 e. The number of aryl methyl sites for hydroxylation is 1. The summed E-state index contributed by atoms with van der Waals surface area (Å²) in [5.74, 6) is -3.15. The van der Waals surface area contributed by atoms with Crippen LogP contribution in [0.3, 0.4) is 0 Å². The molecule has 1 aromatic carbocycles. The lowest BCUT2D eigenvalue weighted by Gasteiger charge is -2.13. The van der Waals surface area contributed by atoms with Crippen molar-refractivity contribution in [1.29, 1.82) is 5.26 Å². The molecule has 30 heavy (non-hydrogen) atoms. The van der Waals surface area contributed by atoms with E-state index in [1.54, 1.807) is 43.3 Å². The van der Waals surface area contributed by atoms with Gasteiger partial charge in [-0.2, -0.15) is 5.26 Å². The highest BCUT2D eigenvalue weighted by Gasteiger charge is 2.31. The molecule has 0 bridgehead atoms. The van der Waals surface area contributed by atoms with Crippen molar-refractivity contribution in [1.82, 2.24) is 0 Å². The summed E-state index contributed by atoms with van der Waals surface area (Å²) in [6, 6.07) is 10.1. The Balaban J connectivity index is 2.06. The van der Waals surface area contributed by atoms with Crippen molar-refractivity contribution in [3.05, 3.63) is 57.5 Å². The molecule has 1 aliphatic carbocycles. The number of aliphatic hydroxyl groups excluding tert-OH is 1. The first-order valence-electron chi connectivity index (χ1n) is 9.54. The molecule has 0 fully saturated rings. The van der Waals surface area contributed by atoms with Gasteiger partial charge >= 0.3 is 11.9 Å². The zero-order valence-electron chi connectivity index (χ0n) is 16.4. The molecule has 0 atom stereocenters. The molecule has 154 valence electrons. The Kier molecular flexibility index (Phi) is 6.65. The van der Waals surface area contributed by atoms with Crippen LogP contribution in [0, 0.1) is 11.3 Å². The van der Waals surface area contributed by atoms with Crippen molar-refractivity contribution in [2.45, 2.75) is 32.6 Å². The number of hydrogen-bond donors (Lipinski definition) is 2. The van der Waals surface area contributed by atoms with Crippen molar-refractivity contribution in [2.24, 2.45) is 0 Å². The minimum Gasteiger partial charge on any atom is -0.506 e. The molecule has 0 saturated heterocycles. The van der Waals surface area contributed by atoms with Gasteiger partial charge in [0.15, 0.2) is 0 Å². The molecule has 1 aliphatic rings. The molecular weight excluding hydrogens is 404 g/mol. The van der Waals surface area contributed by atoms with E-state index in [9.17, 15) is 24.8 Å². The molecule has 0 aliphatic heterocycles. The van der Waals surface area contributed by atoms with Crippen LogP contribution in [0.2, 0.25) is 0 Å². The van der Waals surface area contributed by atoms with Gasteiger partial charge in [0.1, 0.15) is 22.4 Å². The standard InChI is InChI=1S/C22H20N2O5S/c1-2-29-22(28)20(27)24-21-17(14-10-6-7-11-16(14)30-21)19(26)15(12-23)18(25)13-8-4-3-5-9-13/h3-5,8-9,25H,2,6-7,10-11H2,1H3,(H,24,27)/b18-15+. The van der Waals surface area contributed by atoms with E-state index in [1.807, 2.05) is 0 Å². The van der Waals surface area contributed by atoms with Crippen LogP contribution < -0.4 is 5.32 Å². The van der Waals surface area contributed by atoms with Crippen LogP contribution in [-0.4, -0.2) is 29.4 Å². The fraction of sp³-hybridized carbons (Fsp3) is 0.273. The number of ether oxygens (including phenoxy) is 1. The third-order valence-corrected chi connectivity index (χ3v) is 5.92. The summed E-state index contributed by atoms with van der Waals surface area (Å²) in [5.41, 5.74) is 0.831. The molecule has 0 saturated carbocycles. The average Bonchev–Trinajstić information content (AvgIpc) is 3.12. The van der Waals surface area contributed by atoms with E-state index in [4.69, 9.17) is 4.74 Å². The van der Waals surface area contributed by atoms with Crippen LogP contribution in [0.15, 0.2) is 35.9 Å². The van der Waals surface area contributed by atoms with Crippen LogP contribution in [0.1, 0.15) is 46.1 Å². The smallest absolute Gasteiger partial charge is 0.397 e. The van der Waals surface area contributed by atoms with Gasteiger partial charge in [-0.25, -0.2) is 4.79 Å². The van der Waals surface area contributed by atoms with Gasteiger partial charge in [-0.1, -0.05) is 30.3 Å². The number of carbonyl (C=O) groups is 3. The fourth-order valence-electron chi connectivity index (χ4n) is 3.32.